The Hall–Kier alpha value is -1.35. The number of carbonyl (C=O) groups excluding carboxylic acids is 1. The zero-order chi connectivity index (χ0) is 15.4. The number of esters is 1. The van der Waals surface area contributed by atoms with E-state index in [0.717, 1.165) is 6.54 Å². The van der Waals surface area contributed by atoms with E-state index in [9.17, 15) is 4.79 Å². The van der Waals surface area contributed by atoms with Crippen LogP contribution in [0.1, 0.15) is 47.9 Å². The summed E-state index contributed by atoms with van der Waals surface area (Å²) < 4.78 is 4.88. The highest BCUT2D eigenvalue weighted by atomic mass is 16.5. The number of carbonyl (C=O) groups is 1. The zero-order valence-electron chi connectivity index (χ0n) is 13.7. The molecule has 3 nitrogen and oxygen atoms in total. The van der Waals surface area contributed by atoms with Crippen molar-refractivity contribution in [1.82, 2.24) is 4.90 Å². The summed E-state index contributed by atoms with van der Waals surface area (Å²) >= 11 is 0. The van der Waals surface area contributed by atoms with Crippen molar-refractivity contribution < 1.29 is 9.53 Å². The van der Waals surface area contributed by atoms with E-state index in [4.69, 9.17) is 4.74 Å². The van der Waals surface area contributed by atoms with Crippen molar-refractivity contribution in [2.45, 2.75) is 59.0 Å². The number of hydrogen-bond donors (Lipinski definition) is 0. The van der Waals surface area contributed by atoms with Crippen LogP contribution in [0.4, 0.5) is 0 Å². The summed E-state index contributed by atoms with van der Waals surface area (Å²) in [6.07, 6.45) is 4.93. The van der Waals surface area contributed by atoms with Gasteiger partial charge in [-0.05, 0) is 50.3 Å². The molecule has 0 unspecified atom stereocenters. The second kappa shape index (κ2) is 7.08. The van der Waals surface area contributed by atoms with Crippen LogP contribution in [0.3, 0.4) is 0 Å². The van der Waals surface area contributed by atoms with Gasteiger partial charge >= 0.3 is 5.97 Å². The van der Waals surface area contributed by atoms with E-state index in [1.54, 1.807) is 0 Å². The normalized spacial score (nSPS) is 15.7. The molecule has 2 rings (SSSR count). The van der Waals surface area contributed by atoms with Crippen LogP contribution in [0.2, 0.25) is 0 Å². The molecule has 1 aromatic carbocycles. The largest absolute Gasteiger partial charge is 0.468 e. The SMILES string of the molecule is COC(=O)CN(Cc1c(C)cc(C)cc1C)C1CCCC1. The third-order valence-electron chi connectivity index (χ3n) is 4.60. The topological polar surface area (TPSA) is 29.5 Å². The summed E-state index contributed by atoms with van der Waals surface area (Å²) in [5.41, 5.74) is 5.30. The van der Waals surface area contributed by atoms with Crippen LogP contribution in [0, 0.1) is 20.8 Å². The molecule has 0 saturated heterocycles. The molecule has 116 valence electrons. The molecule has 0 atom stereocenters. The second-order valence-corrected chi connectivity index (χ2v) is 6.30. The summed E-state index contributed by atoms with van der Waals surface area (Å²) in [5.74, 6) is -0.135. The first-order chi connectivity index (χ1) is 10.0. The van der Waals surface area contributed by atoms with E-state index in [2.05, 4.69) is 37.8 Å². The Labute approximate surface area is 128 Å². The Morgan fingerprint density at radius 1 is 1.19 bits per heavy atom. The maximum absolute atomic E-state index is 11.7. The van der Waals surface area contributed by atoms with Gasteiger partial charge < -0.3 is 4.74 Å². The minimum absolute atomic E-state index is 0.135. The molecule has 0 bridgehead atoms. The maximum atomic E-state index is 11.7. The molecule has 0 spiro atoms. The summed E-state index contributed by atoms with van der Waals surface area (Å²) in [7, 11) is 1.47. The first-order valence-electron chi connectivity index (χ1n) is 7.89. The molecule has 21 heavy (non-hydrogen) atoms. The van der Waals surface area contributed by atoms with Crippen LogP contribution < -0.4 is 0 Å². The van der Waals surface area contributed by atoms with Gasteiger partial charge in [-0.3, -0.25) is 9.69 Å². The third kappa shape index (κ3) is 4.07. The Morgan fingerprint density at radius 2 is 1.76 bits per heavy atom. The summed E-state index contributed by atoms with van der Waals surface area (Å²) in [6, 6.07) is 4.98. The minimum Gasteiger partial charge on any atom is -0.468 e. The fourth-order valence-electron chi connectivity index (χ4n) is 3.48. The van der Waals surface area contributed by atoms with E-state index in [-0.39, 0.29) is 5.97 Å². The number of ether oxygens (including phenoxy) is 1. The van der Waals surface area contributed by atoms with Crippen molar-refractivity contribution >= 4 is 5.97 Å². The maximum Gasteiger partial charge on any atom is 0.319 e. The van der Waals surface area contributed by atoms with Crippen molar-refractivity contribution in [2.24, 2.45) is 0 Å². The van der Waals surface area contributed by atoms with Gasteiger partial charge in [0.2, 0.25) is 0 Å². The molecule has 3 heteroatoms. The van der Waals surface area contributed by atoms with Gasteiger partial charge in [-0.15, -0.1) is 0 Å². The predicted octanol–water partition coefficient (Wildman–Crippen LogP) is 3.53. The van der Waals surface area contributed by atoms with Crippen molar-refractivity contribution in [2.75, 3.05) is 13.7 Å². The van der Waals surface area contributed by atoms with E-state index in [1.807, 2.05) is 0 Å². The Kier molecular flexibility index (Phi) is 5.40. The van der Waals surface area contributed by atoms with Gasteiger partial charge in [0.25, 0.3) is 0 Å². The van der Waals surface area contributed by atoms with Crippen LogP contribution in [0.15, 0.2) is 12.1 Å². The monoisotopic (exact) mass is 289 g/mol. The predicted molar refractivity (Wildman–Crippen MR) is 85.3 cm³/mol. The van der Waals surface area contributed by atoms with Gasteiger partial charge in [0, 0.05) is 12.6 Å². The fraction of sp³-hybridized carbons (Fsp3) is 0.611. The molecule has 1 saturated carbocycles. The smallest absolute Gasteiger partial charge is 0.319 e. The Morgan fingerprint density at radius 3 is 2.29 bits per heavy atom. The second-order valence-electron chi connectivity index (χ2n) is 6.30. The summed E-state index contributed by atoms with van der Waals surface area (Å²) in [5, 5.41) is 0. The van der Waals surface area contributed by atoms with E-state index in [1.165, 1.54) is 55.0 Å². The first-order valence-corrected chi connectivity index (χ1v) is 7.89. The highest BCUT2D eigenvalue weighted by Gasteiger charge is 2.25. The van der Waals surface area contributed by atoms with Crippen LogP contribution in [-0.2, 0) is 16.1 Å². The fourth-order valence-corrected chi connectivity index (χ4v) is 3.48. The molecule has 0 N–H and O–H groups in total. The van der Waals surface area contributed by atoms with E-state index < -0.39 is 0 Å². The average Bonchev–Trinajstić information content (AvgIpc) is 2.95. The Bertz CT molecular complexity index is 481. The summed E-state index contributed by atoms with van der Waals surface area (Å²) in [6.45, 7) is 7.71. The lowest BCUT2D eigenvalue weighted by molar-refractivity contribution is -0.142. The molecule has 1 fully saturated rings. The first kappa shape index (κ1) is 16.0. The molecule has 0 radical (unpaired) electrons. The van der Waals surface area contributed by atoms with Crippen molar-refractivity contribution in [1.29, 1.82) is 0 Å². The molecular weight excluding hydrogens is 262 g/mol. The zero-order valence-corrected chi connectivity index (χ0v) is 13.7. The number of benzene rings is 1. The number of rotatable bonds is 5. The molecule has 1 aromatic rings. The molecule has 0 aliphatic heterocycles. The minimum atomic E-state index is -0.135. The van der Waals surface area contributed by atoms with Gasteiger partial charge in [-0.25, -0.2) is 0 Å². The van der Waals surface area contributed by atoms with Gasteiger partial charge in [-0.1, -0.05) is 30.5 Å². The van der Waals surface area contributed by atoms with Crippen LogP contribution in [0.5, 0.6) is 0 Å². The van der Waals surface area contributed by atoms with Crippen LogP contribution in [0.25, 0.3) is 0 Å². The molecule has 0 amide bonds. The number of hydrogen-bond acceptors (Lipinski definition) is 3. The lowest BCUT2D eigenvalue weighted by atomic mass is 9.98. The highest BCUT2D eigenvalue weighted by Crippen LogP contribution is 2.27. The van der Waals surface area contributed by atoms with Crippen LogP contribution in [-0.4, -0.2) is 30.6 Å². The number of nitrogens with zero attached hydrogens (tertiary/aromatic N) is 1. The number of aryl methyl sites for hydroxylation is 3. The number of methoxy groups -OCH3 is 1. The molecule has 1 aliphatic rings. The van der Waals surface area contributed by atoms with Crippen LogP contribution >= 0.6 is 0 Å². The summed E-state index contributed by atoms with van der Waals surface area (Å²) in [4.78, 5) is 14.0. The highest BCUT2D eigenvalue weighted by molar-refractivity contribution is 5.71. The molecule has 1 aliphatic carbocycles. The van der Waals surface area contributed by atoms with Crippen molar-refractivity contribution in [3.8, 4) is 0 Å². The molecular formula is C18H27NO2. The Balaban J connectivity index is 2.19. The molecule has 0 aromatic heterocycles. The third-order valence-corrected chi connectivity index (χ3v) is 4.60. The lowest BCUT2D eigenvalue weighted by Gasteiger charge is -2.29. The van der Waals surface area contributed by atoms with E-state index >= 15 is 0 Å². The van der Waals surface area contributed by atoms with Crippen molar-refractivity contribution in [3.63, 3.8) is 0 Å². The average molecular weight is 289 g/mol. The molecule has 0 heterocycles. The van der Waals surface area contributed by atoms with Gasteiger partial charge in [-0.2, -0.15) is 0 Å². The van der Waals surface area contributed by atoms with Crippen molar-refractivity contribution in [3.05, 3.63) is 34.4 Å². The van der Waals surface area contributed by atoms with E-state index in [0.29, 0.717) is 12.6 Å². The lowest BCUT2D eigenvalue weighted by Crippen LogP contribution is -2.37. The standard InChI is InChI=1S/C18H27NO2/c1-13-9-14(2)17(15(3)10-13)11-19(12-18(20)21-4)16-7-5-6-8-16/h9-10,16H,5-8,11-12H2,1-4H3. The van der Waals surface area contributed by atoms with Gasteiger partial charge in [0.15, 0.2) is 0 Å². The van der Waals surface area contributed by atoms with Gasteiger partial charge in [0.05, 0.1) is 13.7 Å². The van der Waals surface area contributed by atoms with Gasteiger partial charge in [0.1, 0.15) is 0 Å². The quantitative estimate of drug-likeness (QED) is 0.777.